The van der Waals surface area contributed by atoms with Crippen molar-refractivity contribution in [1.82, 2.24) is 20.3 Å². The highest BCUT2D eigenvalue weighted by Gasteiger charge is 2.15. The first kappa shape index (κ1) is 24.9. The highest BCUT2D eigenvalue weighted by atomic mass is 16.3. The Bertz CT molecular complexity index is 1390. The van der Waals surface area contributed by atoms with Gasteiger partial charge in [0.15, 0.2) is 0 Å². The molecule has 9 nitrogen and oxygen atoms in total. The maximum Gasteiger partial charge on any atom is 0.251 e. The van der Waals surface area contributed by atoms with Gasteiger partial charge in [-0.25, -0.2) is 9.97 Å². The van der Waals surface area contributed by atoms with Crippen molar-refractivity contribution in [3.05, 3.63) is 76.7 Å². The third-order valence-corrected chi connectivity index (χ3v) is 6.08. The number of hydrogen-bond acceptors (Lipinski definition) is 6. The topological polar surface area (TPSA) is 167 Å². The number of carbonyl (C=O) groups is 1. The molecule has 0 spiro atoms. The number of H-pyrrole nitrogens is 1. The van der Waals surface area contributed by atoms with Crippen molar-refractivity contribution in [3.63, 3.8) is 0 Å². The molecule has 9 heteroatoms. The van der Waals surface area contributed by atoms with Crippen molar-refractivity contribution >= 4 is 28.5 Å². The van der Waals surface area contributed by atoms with E-state index in [0.717, 1.165) is 46.1 Å². The summed E-state index contributed by atoms with van der Waals surface area (Å²) in [5.74, 6) is 0.789. The lowest BCUT2D eigenvalue weighted by atomic mass is 10.0. The van der Waals surface area contributed by atoms with Gasteiger partial charge in [0.2, 0.25) is 0 Å². The first-order chi connectivity index (χ1) is 17.4. The Morgan fingerprint density at radius 3 is 2.58 bits per heavy atom. The van der Waals surface area contributed by atoms with E-state index in [-0.39, 0.29) is 18.3 Å². The van der Waals surface area contributed by atoms with E-state index in [2.05, 4.69) is 27.2 Å². The first-order valence-electron chi connectivity index (χ1n) is 12.0. The van der Waals surface area contributed by atoms with Crippen molar-refractivity contribution in [2.75, 3.05) is 18.9 Å². The molecule has 36 heavy (non-hydrogen) atoms. The van der Waals surface area contributed by atoms with Crippen molar-refractivity contribution < 1.29 is 9.90 Å². The molecule has 4 rings (SSSR count). The fourth-order valence-electron chi connectivity index (χ4n) is 4.24. The van der Waals surface area contributed by atoms with Crippen molar-refractivity contribution in [2.45, 2.75) is 32.6 Å². The maximum atomic E-state index is 12.7. The van der Waals surface area contributed by atoms with E-state index in [4.69, 9.17) is 16.9 Å². The monoisotopic (exact) mass is 485 g/mol. The molecule has 8 N–H and O–H groups in total. The molecule has 0 atom stereocenters. The minimum Gasteiger partial charge on any atom is -0.396 e. The van der Waals surface area contributed by atoms with Gasteiger partial charge in [0.1, 0.15) is 17.5 Å². The Labute approximate surface area is 209 Å². The summed E-state index contributed by atoms with van der Waals surface area (Å²) < 4.78 is 0. The van der Waals surface area contributed by atoms with Crippen LogP contribution < -0.4 is 16.8 Å². The van der Waals surface area contributed by atoms with Crippen molar-refractivity contribution in [3.8, 4) is 11.3 Å². The van der Waals surface area contributed by atoms with E-state index in [0.29, 0.717) is 42.2 Å². The second-order valence-electron chi connectivity index (χ2n) is 8.66. The molecule has 0 radical (unpaired) electrons. The van der Waals surface area contributed by atoms with E-state index in [1.165, 1.54) is 0 Å². The number of rotatable bonds is 10. The highest BCUT2D eigenvalue weighted by Crippen LogP contribution is 2.27. The van der Waals surface area contributed by atoms with Crippen LogP contribution in [0.4, 0.5) is 5.82 Å². The second kappa shape index (κ2) is 11.0. The fourth-order valence-corrected chi connectivity index (χ4v) is 4.24. The van der Waals surface area contributed by atoms with Crippen LogP contribution >= 0.6 is 0 Å². The quantitative estimate of drug-likeness (QED) is 0.149. The molecule has 0 fully saturated rings. The summed E-state index contributed by atoms with van der Waals surface area (Å²) in [5, 5.41) is 20.9. The SMILES string of the molecule is CCCc1c(N)nc(CCO)nc1-c1ccc(C(=O)NCCc2ccc3[nH]cc(C(=N)N)c3c2)cc1. The number of nitrogen functional groups attached to an aromatic ring is 2. The van der Waals surface area contributed by atoms with Gasteiger partial charge in [-0.2, -0.15) is 0 Å². The zero-order chi connectivity index (χ0) is 25.7. The molecule has 186 valence electrons. The highest BCUT2D eigenvalue weighted by molar-refractivity contribution is 6.07. The van der Waals surface area contributed by atoms with E-state index in [1.807, 2.05) is 30.3 Å². The van der Waals surface area contributed by atoms with Crippen LogP contribution in [-0.4, -0.2) is 45.0 Å². The summed E-state index contributed by atoms with van der Waals surface area (Å²) >= 11 is 0. The van der Waals surface area contributed by atoms with Gasteiger partial charge in [-0.15, -0.1) is 0 Å². The van der Waals surface area contributed by atoms with Crippen LogP contribution in [-0.2, 0) is 19.3 Å². The van der Waals surface area contributed by atoms with E-state index in [9.17, 15) is 9.90 Å². The number of carbonyl (C=O) groups excluding carboxylic acids is 1. The molecule has 2 aromatic heterocycles. The number of benzene rings is 2. The smallest absolute Gasteiger partial charge is 0.251 e. The lowest BCUT2D eigenvalue weighted by Gasteiger charge is -2.13. The summed E-state index contributed by atoms with van der Waals surface area (Å²) in [6, 6.07) is 13.2. The number of amides is 1. The molecular weight excluding hydrogens is 454 g/mol. The van der Waals surface area contributed by atoms with Crippen LogP contribution in [0.3, 0.4) is 0 Å². The summed E-state index contributed by atoms with van der Waals surface area (Å²) in [4.78, 5) is 24.8. The van der Waals surface area contributed by atoms with Crippen molar-refractivity contribution in [2.24, 2.45) is 5.73 Å². The Hall–Kier alpha value is -4.24. The molecule has 4 aromatic rings. The lowest BCUT2D eigenvalue weighted by Crippen LogP contribution is -2.25. The number of aromatic amines is 1. The van der Waals surface area contributed by atoms with Gasteiger partial charge in [-0.05, 0) is 42.7 Å². The maximum absolute atomic E-state index is 12.7. The van der Waals surface area contributed by atoms with E-state index < -0.39 is 0 Å². The number of aliphatic hydroxyl groups excluding tert-OH is 1. The Morgan fingerprint density at radius 2 is 1.89 bits per heavy atom. The standard InChI is InChI=1S/C27H31N7O2/c1-2-3-19-24(33-23(11-13-35)34-26(19)30)17-5-7-18(8-6-17)27(36)31-12-10-16-4-9-22-20(14-16)21(15-32-22)25(28)29/h4-9,14-15,32,35H,2-3,10-13H2,1H3,(H3,28,29)(H,31,36)(H2,30,33,34). The van der Waals surface area contributed by atoms with Crippen LogP contribution in [0.25, 0.3) is 22.2 Å². The Kier molecular flexibility index (Phi) is 7.60. The van der Waals surface area contributed by atoms with Gasteiger partial charge >= 0.3 is 0 Å². The molecule has 0 unspecified atom stereocenters. The number of nitrogens with two attached hydrogens (primary N) is 2. The number of aromatic nitrogens is 3. The van der Waals surface area contributed by atoms with Gasteiger partial charge < -0.3 is 26.9 Å². The molecule has 0 aliphatic rings. The fraction of sp³-hybridized carbons (Fsp3) is 0.259. The van der Waals surface area contributed by atoms with Crippen molar-refractivity contribution in [1.29, 1.82) is 5.41 Å². The number of nitrogens with zero attached hydrogens (tertiary/aromatic N) is 2. The molecule has 1 amide bonds. The minimum absolute atomic E-state index is 0.0197. The number of hydrogen-bond donors (Lipinski definition) is 6. The molecule has 2 aromatic carbocycles. The Balaban J connectivity index is 1.44. The van der Waals surface area contributed by atoms with E-state index >= 15 is 0 Å². The number of nitrogens with one attached hydrogen (secondary N) is 3. The predicted octanol–water partition coefficient (Wildman–Crippen LogP) is 2.95. The van der Waals surface area contributed by atoms with Crippen LogP contribution in [0.1, 0.15) is 46.2 Å². The summed E-state index contributed by atoms with van der Waals surface area (Å²) in [5.41, 5.74) is 17.5. The summed E-state index contributed by atoms with van der Waals surface area (Å²) in [7, 11) is 0. The molecule has 0 saturated carbocycles. The largest absolute Gasteiger partial charge is 0.396 e. The number of aliphatic hydroxyl groups is 1. The van der Waals surface area contributed by atoms with E-state index in [1.54, 1.807) is 18.3 Å². The average molecular weight is 486 g/mol. The van der Waals surface area contributed by atoms with Gasteiger partial charge in [-0.1, -0.05) is 31.5 Å². The third kappa shape index (κ3) is 5.36. The average Bonchev–Trinajstić information content (AvgIpc) is 3.29. The van der Waals surface area contributed by atoms with Crippen LogP contribution in [0.2, 0.25) is 0 Å². The third-order valence-electron chi connectivity index (χ3n) is 6.08. The molecule has 0 aliphatic heterocycles. The van der Waals surface area contributed by atoms with Crippen LogP contribution in [0, 0.1) is 5.41 Å². The molecule has 0 bridgehead atoms. The van der Waals surface area contributed by atoms with Gasteiger partial charge in [-0.3, -0.25) is 10.2 Å². The predicted molar refractivity (Wildman–Crippen MR) is 142 cm³/mol. The lowest BCUT2D eigenvalue weighted by molar-refractivity contribution is 0.0954. The van der Waals surface area contributed by atoms with Gasteiger partial charge in [0.25, 0.3) is 5.91 Å². The number of fused-ring (bicyclic) bond motifs is 1. The first-order valence-corrected chi connectivity index (χ1v) is 12.0. The van der Waals surface area contributed by atoms with Crippen LogP contribution in [0.5, 0.6) is 0 Å². The molecule has 0 aliphatic carbocycles. The summed E-state index contributed by atoms with van der Waals surface area (Å²) in [6.07, 6.45) is 4.35. The molecule has 0 saturated heterocycles. The number of amidine groups is 1. The Morgan fingerprint density at radius 1 is 1.11 bits per heavy atom. The second-order valence-corrected chi connectivity index (χ2v) is 8.66. The summed E-state index contributed by atoms with van der Waals surface area (Å²) in [6.45, 7) is 2.48. The van der Waals surface area contributed by atoms with Crippen LogP contribution in [0.15, 0.2) is 48.7 Å². The molecule has 2 heterocycles. The number of anilines is 1. The zero-order valence-electron chi connectivity index (χ0n) is 20.3. The zero-order valence-corrected chi connectivity index (χ0v) is 20.3. The minimum atomic E-state index is -0.161. The molecular formula is C27H31N7O2. The normalized spacial score (nSPS) is 11.1. The van der Waals surface area contributed by atoms with Gasteiger partial charge in [0, 0.05) is 52.3 Å². The van der Waals surface area contributed by atoms with Gasteiger partial charge in [0.05, 0.1) is 12.3 Å².